The average Bonchev–Trinajstić information content (AvgIpc) is 3.00. The summed E-state index contributed by atoms with van der Waals surface area (Å²) in [7, 11) is 0. The quantitative estimate of drug-likeness (QED) is 0.706. The van der Waals surface area contributed by atoms with Crippen LogP contribution in [0.25, 0.3) is 17.1 Å². The van der Waals surface area contributed by atoms with Crippen LogP contribution in [0.1, 0.15) is 5.56 Å². The first-order valence-electron chi connectivity index (χ1n) is 7.03. The highest BCUT2D eigenvalue weighted by molar-refractivity contribution is 7.99. The highest BCUT2D eigenvalue weighted by atomic mass is 32.2. The molecule has 0 fully saturated rings. The zero-order valence-electron chi connectivity index (χ0n) is 11.9. The van der Waals surface area contributed by atoms with Crippen LogP contribution in [0.15, 0.2) is 59.8 Å². The van der Waals surface area contributed by atoms with E-state index in [0.717, 1.165) is 27.7 Å². The number of thioether (sulfide) groups is 1. The molecule has 1 aliphatic rings. The average molecular weight is 327 g/mol. The Hall–Kier alpha value is -2.47. The molecule has 114 valence electrons. The van der Waals surface area contributed by atoms with Crippen LogP contribution in [0.5, 0.6) is 0 Å². The number of fused-ring (bicyclic) bond motifs is 1. The third kappa shape index (κ3) is 2.66. The molecule has 2 heterocycles. The monoisotopic (exact) mass is 327 g/mol. The van der Waals surface area contributed by atoms with Crippen molar-refractivity contribution in [3.63, 3.8) is 0 Å². The number of nitrogens with zero attached hydrogens (tertiary/aromatic N) is 3. The van der Waals surface area contributed by atoms with E-state index in [4.69, 9.17) is 0 Å². The highest BCUT2D eigenvalue weighted by Crippen LogP contribution is 2.31. The fourth-order valence-electron chi connectivity index (χ4n) is 2.41. The Kier molecular flexibility index (Phi) is 3.46. The Morgan fingerprint density at radius 2 is 1.48 bits per heavy atom. The first-order chi connectivity index (χ1) is 11.2. The minimum Gasteiger partial charge on any atom is -0.207 e. The Bertz CT molecular complexity index is 883. The van der Waals surface area contributed by atoms with E-state index in [1.165, 1.54) is 24.3 Å². The molecular weight excluding hydrogens is 316 g/mol. The Morgan fingerprint density at radius 3 is 2.13 bits per heavy atom. The normalized spacial score (nSPS) is 13.6. The molecule has 0 atom stereocenters. The van der Waals surface area contributed by atoms with Crippen LogP contribution in [-0.2, 0) is 0 Å². The molecule has 23 heavy (non-hydrogen) atoms. The summed E-state index contributed by atoms with van der Waals surface area (Å²) in [6, 6.07) is 12.4. The highest BCUT2D eigenvalue weighted by Gasteiger charge is 2.19. The number of hydrogen-bond donors (Lipinski definition) is 0. The van der Waals surface area contributed by atoms with Crippen LogP contribution in [0.4, 0.5) is 8.78 Å². The fraction of sp³-hybridized carbons (Fsp3) is 0.0588. The summed E-state index contributed by atoms with van der Waals surface area (Å²) in [5.41, 5.74) is 2.51. The van der Waals surface area contributed by atoms with Crippen molar-refractivity contribution >= 4 is 17.5 Å². The molecular formula is C17H11F2N3S. The Morgan fingerprint density at radius 1 is 0.870 bits per heavy atom. The molecule has 0 saturated carbocycles. The van der Waals surface area contributed by atoms with Crippen molar-refractivity contribution in [2.45, 2.75) is 5.16 Å². The largest absolute Gasteiger partial charge is 0.207 e. The molecule has 1 aliphatic heterocycles. The molecule has 6 heteroatoms. The van der Waals surface area contributed by atoms with Crippen molar-refractivity contribution in [2.75, 3.05) is 5.75 Å². The number of halogens is 2. The third-order valence-corrected chi connectivity index (χ3v) is 4.39. The van der Waals surface area contributed by atoms with Gasteiger partial charge in [0, 0.05) is 16.9 Å². The van der Waals surface area contributed by atoms with Gasteiger partial charge in [0.2, 0.25) is 0 Å². The molecule has 1 aromatic heterocycles. The maximum Gasteiger partial charge on any atom is 0.191 e. The van der Waals surface area contributed by atoms with E-state index in [1.807, 2.05) is 6.08 Å². The van der Waals surface area contributed by atoms with Gasteiger partial charge in [-0.2, -0.15) is 0 Å². The molecule has 0 bridgehead atoms. The van der Waals surface area contributed by atoms with Crippen LogP contribution < -0.4 is 0 Å². The molecule has 0 amide bonds. The fourth-order valence-corrected chi connectivity index (χ4v) is 3.21. The predicted molar refractivity (Wildman–Crippen MR) is 85.9 cm³/mol. The van der Waals surface area contributed by atoms with Gasteiger partial charge in [-0.1, -0.05) is 11.8 Å². The third-order valence-electron chi connectivity index (χ3n) is 3.54. The van der Waals surface area contributed by atoms with Gasteiger partial charge in [-0.25, -0.2) is 18.4 Å². The molecule has 3 nitrogen and oxygen atoms in total. The Labute approximate surface area is 135 Å². The van der Waals surface area contributed by atoms with E-state index in [0.29, 0.717) is 5.82 Å². The van der Waals surface area contributed by atoms with Crippen molar-refractivity contribution in [1.82, 2.24) is 14.8 Å². The minimum atomic E-state index is -0.293. The van der Waals surface area contributed by atoms with Gasteiger partial charge in [0.25, 0.3) is 0 Å². The lowest BCUT2D eigenvalue weighted by atomic mass is 10.1. The van der Waals surface area contributed by atoms with E-state index in [-0.39, 0.29) is 11.6 Å². The van der Waals surface area contributed by atoms with Crippen LogP contribution in [0.3, 0.4) is 0 Å². The van der Waals surface area contributed by atoms with Crippen molar-refractivity contribution in [3.05, 3.63) is 71.8 Å². The van der Waals surface area contributed by atoms with Crippen molar-refractivity contribution < 1.29 is 8.78 Å². The smallest absolute Gasteiger partial charge is 0.191 e. The van der Waals surface area contributed by atoms with Crippen molar-refractivity contribution in [1.29, 1.82) is 0 Å². The second kappa shape index (κ2) is 5.62. The zero-order valence-corrected chi connectivity index (χ0v) is 12.7. The van der Waals surface area contributed by atoms with Gasteiger partial charge in [-0.05, 0) is 54.6 Å². The summed E-state index contributed by atoms with van der Waals surface area (Å²) in [6.45, 7) is 0. The van der Waals surface area contributed by atoms with E-state index in [1.54, 1.807) is 40.7 Å². The number of aromatic nitrogens is 3. The van der Waals surface area contributed by atoms with Crippen molar-refractivity contribution in [3.8, 4) is 11.4 Å². The van der Waals surface area contributed by atoms with Gasteiger partial charge in [-0.3, -0.25) is 0 Å². The topological polar surface area (TPSA) is 30.7 Å². The van der Waals surface area contributed by atoms with E-state index < -0.39 is 0 Å². The second-order valence-electron chi connectivity index (χ2n) is 5.04. The van der Waals surface area contributed by atoms with Crippen LogP contribution in [0, 0.1) is 11.6 Å². The molecule has 0 N–H and O–H groups in total. The standard InChI is InChI=1S/C17H11F2N3S/c18-13-5-1-11(2-6-13)15-9-10-23-17-20-16(21-22(15)17)12-3-7-14(19)8-4-12/h1-9H,10H2. The van der Waals surface area contributed by atoms with Gasteiger partial charge >= 0.3 is 0 Å². The summed E-state index contributed by atoms with van der Waals surface area (Å²) in [5.74, 6) is 0.751. The number of rotatable bonds is 2. The van der Waals surface area contributed by atoms with E-state index in [2.05, 4.69) is 10.1 Å². The van der Waals surface area contributed by atoms with Gasteiger partial charge in [0.15, 0.2) is 11.0 Å². The molecule has 0 saturated heterocycles. The summed E-state index contributed by atoms with van der Waals surface area (Å²) < 4.78 is 27.9. The molecule has 2 aromatic carbocycles. The summed E-state index contributed by atoms with van der Waals surface area (Å²) in [5, 5.41) is 5.30. The maximum absolute atomic E-state index is 13.1. The Balaban J connectivity index is 1.76. The molecule has 3 aromatic rings. The first-order valence-corrected chi connectivity index (χ1v) is 8.01. The van der Waals surface area contributed by atoms with Crippen LogP contribution >= 0.6 is 11.8 Å². The molecule has 0 aliphatic carbocycles. The van der Waals surface area contributed by atoms with Crippen LogP contribution in [0.2, 0.25) is 0 Å². The number of hydrogen-bond acceptors (Lipinski definition) is 3. The lowest BCUT2D eigenvalue weighted by Gasteiger charge is -2.14. The molecule has 0 radical (unpaired) electrons. The summed E-state index contributed by atoms with van der Waals surface area (Å²) in [4.78, 5) is 4.52. The number of benzene rings is 2. The molecule has 0 unspecified atom stereocenters. The maximum atomic E-state index is 13.1. The van der Waals surface area contributed by atoms with Crippen LogP contribution in [-0.4, -0.2) is 20.5 Å². The zero-order chi connectivity index (χ0) is 15.8. The van der Waals surface area contributed by atoms with Gasteiger partial charge in [-0.15, -0.1) is 5.10 Å². The summed E-state index contributed by atoms with van der Waals surface area (Å²) >= 11 is 1.57. The lowest BCUT2D eigenvalue weighted by molar-refractivity contribution is 0.627. The van der Waals surface area contributed by atoms with Gasteiger partial charge < -0.3 is 0 Å². The minimum absolute atomic E-state index is 0.273. The lowest BCUT2D eigenvalue weighted by Crippen LogP contribution is -2.07. The second-order valence-corrected chi connectivity index (χ2v) is 6.03. The van der Waals surface area contributed by atoms with Gasteiger partial charge in [0.05, 0.1) is 5.70 Å². The molecule has 4 rings (SSSR count). The molecule has 0 spiro atoms. The first kappa shape index (κ1) is 14.1. The van der Waals surface area contributed by atoms with Gasteiger partial charge in [0.1, 0.15) is 11.6 Å². The van der Waals surface area contributed by atoms with Crippen molar-refractivity contribution in [2.24, 2.45) is 0 Å². The van der Waals surface area contributed by atoms with E-state index in [9.17, 15) is 8.78 Å². The van der Waals surface area contributed by atoms with E-state index >= 15 is 0 Å². The SMILES string of the molecule is Fc1ccc(C2=CCSc3nc(-c4ccc(F)cc4)nn32)cc1. The summed E-state index contributed by atoms with van der Waals surface area (Å²) in [6.07, 6.45) is 2.04. The predicted octanol–water partition coefficient (Wildman–Crippen LogP) is 4.22.